The van der Waals surface area contributed by atoms with E-state index in [1.54, 1.807) is 7.11 Å². The lowest BCUT2D eigenvalue weighted by Gasteiger charge is -2.08. The van der Waals surface area contributed by atoms with Crippen molar-refractivity contribution < 1.29 is 9.53 Å². The molecule has 33 heavy (non-hydrogen) atoms. The largest absolute Gasteiger partial charge is 0.497 e. The smallest absolute Gasteiger partial charge is 0.266 e. The van der Waals surface area contributed by atoms with Crippen LogP contribution >= 0.6 is 11.8 Å². The first kappa shape index (κ1) is 20.8. The van der Waals surface area contributed by atoms with Crippen molar-refractivity contribution in [1.82, 2.24) is 34.9 Å². The molecule has 11 heteroatoms. The first-order chi connectivity index (χ1) is 16.1. The molecule has 0 unspecified atom stereocenters. The SMILES string of the molecule is COc1ccc(-c2nc(SCC(=O)NCc3nc4ccccc4[nH]3)n3[nH]c(=O)cc3n2)cc1. The summed E-state index contributed by atoms with van der Waals surface area (Å²) in [7, 11) is 1.60. The molecule has 3 N–H and O–H groups in total. The third-order valence-electron chi connectivity index (χ3n) is 4.90. The second kappa shape index (κ2) is 8.79. The maximum atomic E-state index is 12.5. The van der Waals surface area contributed by atoms with E-state index in [0.717, 1.165) is 16.6 Å². The van der Waals surface area contributed by atoms with Gasteiger partial charge in [0, 0.05) is 11.6 Å². The molecule has 2 aromatic carbocycles. The van der Waals surface area contributed by atoms with Crippen molar-refractivity contribution in [3.63, 3.8) is 0 Å². The highest BCUT2D eigenvalue weighted by molar-refractivity contribution is 7.99. The van der Waals surface area contributed by atoms with Crippen molar-refractivity contribution in [3.8, 4) is 17.1 Å². The maximum absolute atomic E-state index is 12.5. The number of thioether (sulfide) groups is 1. The zero-order chi connectivity index (χ0) is 22.8. The number of benzene rings is 2. The highest BCUT2D eigenvalue weighted by Gasteiger charge is 2.14. The molecule has 0 saturated carbocycles. The average Bonchev–Trinajstić information content (AvgIpc) is 3.43. The van der Waals surface area contributed by atoms with E-state index in [0.29, 0.717) is 28.2 Å². The van der Waals surface area contributed by atoms with Crippen LogP contribution in [0.1, 0.15) is 5.82 Å². The summed E-state index contributed by atoms with van der Waals surface area (Å²) in [4.78, 5) is 41.0. The zero-order valence-corrected chi connectivity index (χ0v) is 18.3. The Labute approximate surface area is 191 Å². The summed E-state index contributed by atoms with van der Waals surface area (Å²) in [5.74, 6) is 1.76. The van der Waals surface area contributed by atoms with Crippen LogP contribution in [0.2, 0.25) is 0 Å². The summed E-state index contributed by atoms with van der Waals surface area (Å²) < 4.78 is 6.67. The van der Waals surface area contributed by atoms with Gasteiger partial charge in [-0.3, -0.25) is 14.7 Å². The number of fused-ring (bicyclic) bond motifs is 2. The van der Waals surface area contributed by atoms with Crippen LogP contribution in [0, 0.1) is 0 Å². The normalized spacial score (nSPS) is 11.2. The number of para-hydroxylation sites is 2. The van der Waals surface area contributed by atoms with Crippen molar-refractivity contribution in [1.29, 1.82) is 0 Å². The van der Waals surface area contributed by atoms with Gasteiger partial charge < -0.3 is 15.0 Å². The van der Waals surface area contributed by atoms with Gasteiger partial charge in [-0.1, -0.05) is 23.9 Å². The number of hydrogen-bond donors (Lipinski definition) is 3. The lowest BCUT2D eigenvalue weighted by Crippen LogP contribution is -2.25. The number of amides is 1. The highest BCUT2D eigenvalue weighted by Crippen LogP contribution is 2.23. The molecular formula is C22H19N7O3S. The summed E-state index contributed by atoms with van der Waals surface area (Å²) >= 11 is 1.20. The molecule has 0 bridgehead atoms. The molecule has 0 aliphatic rings. The molecule has 0 radical (unpaired) electrons. The third-order valence-corrected chi connectivity index (χ3v) is 5.84. The monoisotopic (exact) mass is 461 g/mol. The fraction of sp³-hybridized carbons (Fsp3) is 0.136. The zero-order valence-electron chi connectivity index (χ0n) is 17.5. The number of carbonyl (C=O) groups is 1. The molecule has 0 aliphatic heterocycles. The van der Waals surface area contributed by atoms with E-state index >= 15 is 0 Å². The molecule has 0 atom stereocenters. The Hall–Kier alpha value is -4.12. The number of hydrogen-bond acceptors (Lipinski definition) is 7. The summed E-state index contributed by atoms with van der Waals surface area (Å²) in [5, 5.41) is 5.97. The van der Waals surface area contributed by atoms with E-state index in [9.17, 15) is 9.59 Å². The minimum Gasteiger partial charge on any atom is -0.497 e. The Morgan fingerprint density at radius 2 is 1.94 bits per heavy atom. The molecule has 0 saturated heterocycles. The molecule has 0 fully saturated rings. The van der Waals surface area contributed by atoms with Gasteiger partial charge in [-0.25, -0.2) is 19.5 Å². The average molecular weight is 462 g/mol. The number of methoxy groups -OCH3 is 1. The first-order valence-electron chi connectivity index (χ1n) is 10.1. The van der Waals surface area contributed by atoms with Crippen LogP contribution < -0.4 is 15.6 Å². The van der Waals surface area contributed by atoms with E-state index in [2.05, 4.69) is 30.4 Å². The number of aromatic nitrogens is 6. The summed E-state index contributed by atoms with van der Waals surface area (Å²) in [6.07, 6.45) is 0. The fourth-order valence-electron chi connectivity index (χ4n) is 3.30. The van der Waals surface area contributed by atoms with Gasteiger partial charge in [0.2, 0.25) is 5.91 Å². The minimum atomic E-state index is -0.299. The molecule has 3 heterocycles. The van der Waals surface area contributed by atoms with E-state index in [4.69, 9.17) is 4.74 Å². The number of carbonyl (C=O) groups excluding carboxylic acids is 1. The lowest BCUT2D eigenvalue weighted by atomic mass is 10.2. The van der Waals surface area contributed by atoms with Crippen molar-refractivity contribution in [3.05, 3.63) is 70.8 Å². The van der Waals surface area contributed by atoms with Crippen LogP contribution in [0.3, 0.4) is 0 Å². The Morgan fingerprint density at radius 3 is 2.73 bits per heavy atom. The minimum absolute atomic E-state index is 0.106. The van der Waals surface area contributed by atoms with Gasteiger partial charge in [0.15, 0.2) is 16.6 Å². The molecule has 1 amide bonds. The molecule has 166 valence electrons. The molecule has 5 rings (SSSR count). The summed E-state index contributed by atoms with van der Waals surface area (Å²) in [6, 6.07) is 16.4. The molecule has 5 aromatic rings. The highest BCUT2D eigenvalue weighted by atomic mass is 32.2. The predicted molar refractivity (Wildman–Crippen MR) is 124 cm³/mol. The van der Waals surface area contributed by atoms with Crippen LogP contribution in [0.15, 0.2) is 64.5 Å². The van der Waals surface area contributed by atoms with Gasteiger partial charge in [0.25, 0.3) is 5.56 Å². The molecule has 0 aliphatic carbocycles. The Balaban J connectivity index is 1.31. The molecule has 10 nitrogen and oxygen atoms in total. The van der Waals surface area contributed by atoms with Crippen LogP contribution in [-0.2, 0) is 11.3 Å². The van der Waals surface area contributed by atoms with Gasteiger partial charge in [-0.05, 0) is 36.4 Å². The van der Waals surface area contributed by atoms with E-state index < -0.39 is 0 Å². The Morgan fingerprint density at radius 1 is 1.12 bits per heavy atom. The second-order valence-electron chi connectivity index (χ2n) is 7.14. The maximum Gasteiger partial charge on any atom is 0.266 e. The molecule has 3 aromatic heterocycles. The number of imidazole rings is 1. The van der Waals surface area contributed by atoms with Gasteiger partial charge in [0.05, 0.1) is 30.4 Å². The lowest BCUT2D eigenvalue weighted by molar-refractivity contribution is -0.118. The van der Waals surface area contributed by atoms with E-state index in [1.165, 1.54) is 22.3 Å². The van der Waals surface area contributed by atoms with Gasteiger partial charge in [0.1, 0.15) is 11.6 Å². The van der Waals surface area contributed by atoms with Crippen LogP contribution in [-0.4, -0.2) is 48.3 Å². The Bertz CT molecular complexity index is 1470. The molecule has 0 spiro atoms. The summed E-state index contributed by atoms with van der Waals surface area (Å²) in [6.45, 7) is 0.282. The number of nitrogens with zero attached hydrogens (tertiary/aromatic N) is 4. The van der Waals surface area contributed by atoms with Crippen molar-refractivity contribution >= 4 is 34.3 Å². The van der Waals surface area contributed by atoms with Crippen LogP contribution in [0.25, 0.3) is 28.1 Å². The first-order valence-corrected chi connectivity index (χ1v) is 11.0. The van der Waals surface area contributed by atoms with Crippen molar-refractivity contribution in [2.75, 3.05) is 12.9 Å². The number of aromatic amines is 2. The summed E-state index contributed by atoms with van der Waals surface area (Å²) in [5.41, 5.74) is 2.66. The Kier molecular flexibility index (Phi) is 5.53. The topological polar surface area (TPSA) is 130 Å². The fourth-order valence-corrected chi connectivity index (χ4v) is 4.08. The van der Waals surface area contributed by atoms with Crippen molar-refractivity contribution in [2.24, 2.45) is 0 Å². The number of H-pyrrole nitrogens is 2. The van der Waals surface area contributed by atoms with E-state index in [1.807, 2.05) is 48.5 Å². The third kappa shape index (κ3) is 4.44. The van der Waals surface area contributed by atoms with Gasteiger partial charge in [-0.15, -0.1) is 0 Å². The standard InChI is InChI=1S/C22H19N7O3S/c1-32-14-8-6-13(7-9-14)21-26-18-10-19(30)28-29(18)22(27-21)33-12-20(31)23-11-17-24-15-4-2-3-5-16(15)25-17/h2-10H,11-12H2,1H3,(H,23,31)(H,24,25)(H,28,30). The molecular weight excluding hydrogens is 442 g/mol. The van der Waals surface area contributed by atoms with Crippen molar-refractivity contribution in [2.45, 2.75) is 11.7 Å². The number of rotatable bonds is 7. The van der Waals surface area contributed by atoms with Gasteiger partial charge >= 0.3 is 0 Å². The number of ether oxygens (including phenoxy) is 1. The second-order valence-corrected chi connectivity index (χ2v) is 8.08. The number of nitrogens with one attached hydrogen (secondary N) is 3. The van der Waals surface area contributed by atoms with Gasteiger partial charge in [-0.2, -0.15) is 0 Å². The quantitative estimate of drug-likeness (QED) is 0.317. The predicted octanol–water partition coefficient (Wildman–Crippen LogP) is 2.38. The van der Waals surface area contributed by atoms with Crippen LogP contribution in [0.5, 0.6) is 5.75 Å². The van der Waals surface area contributed by atoms with E-state index in [-0.39, 0.29) is 23.8 Å². The van der Waals surface area contributed by atoms with Crippen LogP contribution in [0.4, 0.5) is 0 Å².